The second kappa shape index (κ2) is 22.3. The fraction of sp³-hybridized carbons (Fsp3) is 0.957. The molecule has 1 unspecified atom stereocenters. The maximum atomic E-state index is 11.6. The number of unbranched alkanes of at least 4 members (excludes halogenated alkanes) is 12. The zero-order chi connectivity index (χ0) is 19.5. The van der Waals surface area contributed by atoms with E-state index in [9.17, 15) is 9.90 Å². The van der Waals surface area contributed by atoms with Crippen LogP contribution in [0.2, 0.25) is 0 Å². The van der Waals surface area contributed by atoms with Crippen molar-refractivity contribution >= 4 is 5.97 Å². The van der Waals surface area contributed by atoms with Crippen LogP contribution in [0.25, 0.3) is 0 Å². The van der Waals surface area contributed by atoms with Gasteiger partial charge in [-0.25, -0.2) is 0 Å². The predicted molar refractivity (Wildman–Crippen MR) is 111 cm³/mol. The van der Waals surface area contributed by atoms with E-state index in [0.29, 0.717) is 0 Å². The fourth-order valence-corrected chi connectivity index (χ4v) is 3.69. The van der Waals surface area contributed by atoms with Crippen LogP contribution in [-0.2, 0) is 4.79 Å². The molecule has 0 aromatic rings. The molecule has 0 heterocycles. The molecule has 0 aromatic carbocycles. The number of hydrogen-bond donors (Lipinski definition) is 0. The van der Waals surface area contributed by atoms with Crippen LogP contribution in [-0.4, -0.2) is 30.0 Å². The monoisotopic (exact) mass is 375 g/mol. The number of carbonyl (C=O) groups excluding carboxylic acids is 1. The van der Waals surface area contributed by atoms with Gasteiger partial charge in [-0.2, -0.15) is 0 Å². The summed E-state index contributed by atoms with van der Waals surface area (Å²) in [7, 11) is 0. The van der Waals surface area contributed by atoms with Crippen molar-refractivity contribution in [2.24, 2.45) is 0 Å². The van der Waals surface area contributed by atoms with Crippen LogP contribution < -0.4 is 24.0 Å². The van der Waals surface area contributed by atoms with Gasteiger partial charge in [-0.05, 0) is 32.4 Å². The SMILES string of the molecule is CCCCCCCCCN(CCCCCCCCC)C(CCC)C(=O)[O-].[Li+]. The summed E-state index contributed by atoms with van der Waals surface area (Å²) in [6.45, 7) is 8.39. The van der Waals surface area contributed by atoms with Gasteiger partial charge in [0.05, 0.1) is 5.97 Å². The van der Waals surface area contributed by atoms with Crippen molar-refractivity contribution in [3.05, 3.63) is 0 Å². The third kappa shape index (κ3) is 17.8. The van der Waals surface area contributed by atoms with Crippen molar-refractivity contribution in [2.75, 3.05) is 13.1 Å². The van der Waals surface area contributed by atoms with E-state index in [0.717, 1.165) is 38.8 Å². The molecule has 27 heavy (non-hydrogen) atoms. The smallest absolute Gasteiger partial charge is 0.548 e. The summed E-state index contributed by atoms with van der Waals surface area (Å²) >= 11 is 0. The van der Waals surface area contributed by atoms with Crippen molar-refractivity contribution in [3.63, 3.8) is 0 Å². The largest absolute Gasteiger partial charge is 1.00 e. The Balaban J connectivity index is 0. The molecule has 0 N–H and O–H groups in total. The molecule has 0 saturated heterocycles. The van der Waals surface area contributed by atoms with E-state index in [1.807, 2.05) is 0 Å². The van der Waals surface area contributed by atoms with Gasteiger partial charge < -0.3 is 9.90 Å². The Bertz CT molecular complexity index is 295. The Morgan fingerprint density at radius 3 is 1.37 bits per heavy atom. The van der Waals surface area contributed by atoms with Gasteiger partial charge in [0, 0.05) is 6.04 Å². The van der Waals surface area contributed by atoms with Gasteiger partial charge in [-0.15, -0.1) is 0 Å². The van der Waals surface area contributed by atoms with E-state index in [-0.39, 0.29) is 24.9 Å². The third-order valence-corrected chi connectivity index (χ3v) is 5.37. The van der Waals surface area contributed by atoms with Gasteiger partial charge in [-0.3, -0.25) is 4.90 Å². The molecule has 0 aliphatic rings. The molecule has 0 amide bonds. The third-order valence-electron chi connectivity index (χ3n) is 5.37. The number of carbonyl (C=O) groups is 1. The number of carboxylic acid groups (broad SMARTS) is 1. The van der Waals surface area contributed by atoms with Crippen molar-refractivity contribution < 1.29 is 28.8 Å². The summed E-state index contributed by atoms with van der Waals surface area (Å²) in [5, 5.41) is 11.6. The van der Waals surface area contributed by atoms with Gasteiger partial charge in [0.25, 0.3) is 0 Å². The summed E-state index contributed by atoms with van der Waals surface area (Å²) in [6.07, 6.45) is 19.5. The quantitative estimate of drug-likeness (QED) is 0.243. The first kappa shape index (κ1) is 29.2. The van der Waals surface area contributed by atoms with Gasteiger partial charge in [0.15, 0.2) is 0 Å². The molecule has 0 spiro atoms. The van der Waals surface area contributed by atoms with Crippen LogP contribution in [0.15, 0.2) is 0 Å². The molecule has 0 saturated carbocycles. The van der Waals surface area contributed by atoms with Crippen molar-refractivity contribution in [1.29, 1.82) is 0 Å². The molecule has 156 valence electrons. The van der Waals surface area contributed by atoms with Crippen LogP contribution in [0, 0.1) is 0 Å². The van der Waals surface area contributed by atoms with Crippen molar-refractivity contribution in [2.45, 2.75) is 130 Å². The van der Waals surface area contributed by atoms with Gasteiger partial charge in [0.1, 0.15) is 0 Å². The van der Waals surface area contributed by atoms with E-state index in [2.05, 4.69) is 25.7 Å². The summed E-state index contributed by atoms with van der Waals surface area (Å²) < 4.78 is 0. The van der Waals surface area contributed by atoms with Crippen LogP contribution in [0.1, 0.15) is 124 Å². The van der Waals surface area contributed by atoms with Gasteiger partial charge in [-0.1, -0.05) is 104 Å². The normalized spacial score (nSPS) is 12.1. The van der Waals surface area contributed by atoms with E-state index in [1.165, 1.54) is 77.0 Å². The van der Waals surface area contributed by atoms with Crippen LogP contribution in [0.3, 0.4) is 0 Å². The maximum Gasteiger partial charge on any atom is 1.00 e. The first-order valence-electron chi connectivity index (χ1n) is 11.6. The Hall–Kier alpha value is 0.0274. The standard InChI is InChI=1S/C23H47NO2.Li/c1-4-7-9-11-13-15-17-20-24(22(19-6-3)23(25)26)21-18-16-14-12-10-8-5-2;/h22H,4-21H2,1-3H3,(H,25,26);/q;+1/p-1. The number of rotatable bonds is 20. The molecule has 0 radical (unpaired) electrons. The van der Waals surface area contributed by atoms with Crippen molar-refractivity contribution in [3.8, 4) is 0 Å². The molecule has 0 bridgehead atoms. The summed E-state index contributed by atoms with van der Waals surface area (Å²) in [6, 6.07) is -0.389. The van der Waals surface area contributed by atoms with Crippen LogP contribution in [0.4, 0.5) is 0 Å². The Kier molecular flexibility index (Phi) is 24.2. The second-order valence-electron chi connectivity index (χ2n) is 7.90. The number of hydrogen-bond acceptors (Lipinski definition) is 3. The molecule has 0 fully saturated rings. The minimum atomic E-state index is -0.877. The second-order valence-corrected chi connectivity index (χ2v) is 7.90. The van der Waals surface area contributed by atoms with E-state index < -0.39 is 5.97 Å². The molecule has 1 atom stereocenters. The Labute approximate surface area is 182 Å². The minimum Gasteiger partial charge on any atom is -0.548 e. The van der Waals surface area contributed by atoms with Gasteiger partial charge >= 0.3 is 18.9 Å². The molecule has 0 aliphatic carbocycles. The Morgan fingerprint density at radius 1 is 0.667 bits per heavy atom. The zero-order valence-electron chi connectivity index (χ0n) is 19.1. The molecular weight excluding hydrogens is 329 g/mol. The van der Waals surface area contributed by atoms with E-state index in [4.69, 9.17) is 0 Å². The van der Waals surface area contributed by atoms with E-state index in [1.54, 1.807) is 0 Å². The first-order chi connectivity index (χ1) is 12.7. The Morgan fingerprint density at radius 2 is 1.04 bits per heavy atom. The van der Waals surface area contributed by atoms with Crippen molar-refractivity contribution in [1.82, 2.24) is 4.90 Å². The minimum absolute atomic E-state index is 0. The maximum absolute atomic E-state index is 11.6. The predicted octanol–water partition coefficient (Wildman–Crippen LogP) is 2.71. The first-order valence-corrected chi connectivity index (χ1v) is 11.6. The van der Waals surface area contributed by atoms with Crippen LogP contribution in [0.5, 0.6) is 0 Å². The molecule has 4 heteroatoms. The summed E-state index contributed by atoms with van der Waals surface area (Å²) in [4.78, 5) is 13.8. The van der Waals surface area contributed by atoms with E-state index >= 15 is 0 Å². The average Bonchev–Trinajstić information content (AvgIpc) is 2.63. The fourth-order valence-electron chi connectivity index (χ4n) is 3.69. The molecule has 0 aliphatic heterocycles. The topological polar surface area (TPSA) is 43.4 Å². The van der Waals surface area contributed by atoms with Gasteiger partial charge in [0.2, 0.25) is 0 Å². The molecule has 0 aromatic heterocycles. The van der Waals surface area contributed by atoms with Crippen LogP contribution >= 0.6 is 0 Å². The molecule has 3 nitrogen and oxygen atoms in total. The summed E-state index contributed by atoms with van der Waals surface area (Å²) in [5.74, 6) is -0.877. The average molecular weight is 376 g/mol. The summed E-state index contributed by atoms with van der Waals surface area (Å²) in [5.41, 5.74) is 0. The number of nitrogens with zero attached hydrogens (tertiary/aromatic N) is 1. The zero-order valence-corrected chi connectivity index (χ0v) is 19.1. The molecule has 0 rings (SSSR count). The number of carboxylic acids is 1. The molecular formula is C23H46LiNO2. The number of aliphatic carboxylic acids is 1.